The van der Waals surface area contributed by atoms with Crippen LogP contribution >= 0.6 is 0 Å². The molecule has 0 unspecified atom stereocenters. The molecule has 1 saturated carbocycles. The van der Waals surface area contributed by atoms with Crippen molar-refractivity contribution in [3.8, 4) is 5.75 Å². The van der Waals surface area contributed by atoms with E-state index in [0.29, 0.717) is 16.7 Å². The minimum Gasteiger partial charge on any atom is -0.479 e. The van der Waals surface area contributed by atoms with Gasteiger partial charge in [0.05, 0.1) is 22.0 Å². The van der Waals surface area contributed by atoms with Gasteiger partial charge in [-0.1, -0.05) is 37.5 Å². The van der Waals surface area contributed by atoms with E-state index in [1.165, 1.54) is 36.0 Å². The summed E-state index contributed by atoms with van der Waals surface area (Å²) in [5.41, 5.74) is 0.0360. The third-order valence-corrected chi connectivity index (χ3v) is 5.93. The Morgan fingerprint density at radius 3 is 2.68 bits per heavy atom. The second kappa shape index (κ2) is 9.82. The van der Waals surface area contributed by atoms with Crippen molar-refractivity contribution >= 4 is 28.8 Å². The quantitative estimate of drug-likeness (QED) is 0.316. The number of nitro benzene ring substituents is 1. The molecule has 0 bridgehead atoms. The molecule has 10 nitrogen and oxygen atoms in total. The fourth-order valence-corrected chi connectivity index (χ4v) is 4.14. The van der Waals surface area contributed by atoms with Gasteiger partial charge in [-0.15, -0.1) is 0 Å². The van der Waals surface area contributed by atoms with Gasteiger partial charge >= 0.3 is 11.7 Å². The molecule has 0 aliphatic heterocycles. The van der Waals surface area contributed by atoms with E-state index in [1.54, 1.807) is 18.2 Å². The van der Waals surface area contributed by atoms with Crippen LogP contribution in [0.1, 0.15) is 56.3 Å². The predicted molar refractivity (Wildman–Crippen MR) is 126 cm³/mol. The molecule has 1 aromatic heterocycles. The summed E-state index contributed by atoms with van der Waals surface area (Å²) >= 11 is 0. The van der Waals surface area contributed by atoms with Crippen LogP contribution in [0, 0.1) is 10.1 Å². The molecule has 1 atom stereocenters. The van der Waals surface area contributed by atoms with Gasteiger partial charge < -0.3 is 9.84 Å². The van der Waals surface area contributed by atoms with E-state index < -0.39 is 22.7 Å². The molecular formula is C24H24N4O6. The molecule has 0 saturated heterocycles. The fourth-order valence-electron chi connectivity index (χ4n) is 4.14. The number of rotatable bonds is 7. The summed E-state index contributed by atoms with van der Waals surface area (Å²) in [5.74, 6) is -0.884. The smallest absolute Gasteiger partial charge is 0.344 e. The van der Waals surface area contributed by atoms with E-state index >= 15 is 0 Å². The van der Waals surface area contributed by atoms with Crippen LogP contribution in [0.4, 0.5) is 5.69 Å². The molecule has 1 fully saturated rings. The van der Waals surface area contributed by atoms with Gasteiger partial charge in [-0.25, -0.2) is 9.78 Å². The Kier molecular flexibility index (Phi) is 6.67. The van der Waals surface area contributed by atoms with Gasteiger partial charge in [-0.05, 0) is 38.0 Å². The summed E-state index contributed by atoms with van der Waals surface area (Å²) in [6.45, 7) is 1.28. The highest BCUT2D eigenvalue weighted by Crippen LogP contribution is 2.33. The first-order valence-corrected chi connectivity index (χ1v) is 11.1. The molecule has 176 valence electrons. The Labute approximate surface area is 194 Å². The number of aliphatic carboxylic acids is 1. The number of ether oxygens (including phenoxy) is 1. The van der Waals surface area contributed by atoms with E-state index in [2.05, 4.69) is 5.10 Å². The lowest BCUT2D eigenvalue weighted by Gasteiger charge is -2.22. The molecule has 0 amide bonds. The van der Waals surface area contributed by atoms with Crippen molar-refractivity contribution in [2.45, 2.75) is 51.0 Å². The summed E-state index contributed by atoms with van der Waals surface area (Å²) < 4.78 is 6.65. The van der Waals surface area contributed by atoms with Crippen LogP contribution in [0.5, 0.6) is 5.75 Å². The van der Waals surface area contributed by atoms with Crippen molar-refractivity contribution in [3.05, 3.63) is 74.3 Å². The van der Waals surface area contributed by atoms with E-state index in [-0.39, 0.29) is 22.8 Å². The number of carboxylic acid groups (broad SMARTS) is 1. The molecule has 10 heteroatoms. The highest BCUT2D eigenvalue weighted by molar-refractivity contribution is 5.86. The van der Waals surface area contributed by atoms with Crippen molar-refractivity contribution in [2.24, 2.45) is 5.10 Å². The van der Waals surface area contributed by atoms with Gasteiger partial charge in [-0.2, -0.15) is 9.78 Å². The largest absolute Gasteiger partial charge is 0.479 e. The maximum absolute atomic E-state index is 13.3. The minimum atomic E-state index is -1.32. The molecular weight excluding hydrogens is 440 g/mol. The van der Waals surface area contributed by atoms with Gasteiger partial charge in [-0.3, -0.25) is 14.9 Å². The molecule has 0 spiro atoms. The predicted octanol–water partition coefficient (Wildman–Crippen LogP) is 4.09. The maximum atomic E-state index is 13.3. The van der Waals surface area contributed by atoms with Crippen molar-refractivity contribution < 1.29 is 19.6 Å². The second-order valence-electron chi connectivity index (χ2n) is 8.23. The molecule has 1 aliphatic carbocycles. The van der Waals surface area contributed by atoms with Crippen molar-refractivity contribution in [3.63, 3.8) is 0 Å². The highest BCUT2D eigenvalue weighted by Gasteiger charge is 2.25. The first-order valence-electron chi connectivity index (χ1n) is 11.1. The summed E-state index contributed by atoms with van der Waals surface area (Å²) in [7, 11) is 0. The fraction of sp³-hybridized carbons (Fsp3) is 0.333. The summed E-state index contributed by atoms with van der Waals surface area (Å²) in [6.07, 6.45) is 4.94. The average molecular weight is 464 g/mol. The van der Waals surface area contributed by atoms with E-state index in [1.807, 2.05) is 6.07 Å². The Hall–Kier alpha value is -4.08. The van der Waals surface area contributed by atoms with Crippen LogP contribution in [0.3, 0.4) is 0 Å². The first kappa shape index (κ1) is 23.1. The number of carboxylic acids is 1. The zero-order valence-electron chi connectivity index (χ0n) is 18.6. The summed E-state index contributed by atoms with van der Waals surface area (Å²) in [5, 5.41) is 25.5. The number of aromatic nitrogens is 2. The molecule has 4 rings (SSSR count). The normalized spacial score (nSPS) is 15.4. The Bertz CT molecular complexity index is 1330. The van der Waals surface area contributed by atoms with Crippen LogP contribution in [-0.4, -0.2) is 38.0 Å². The molecule has 0 radical (unpaired) electrons. The average Bonchev–Trinajstić information content (AvgIpc) is 2.84. The lowest BCUT2D eigenvalue weighted by molar-refractivity contribution is -0.386. The standard InChI is InChI=1S/C24H24N4O6/c1-15(24(30)31)34-21-17(10-7-13-20(21)28(32)33)14-25-27-22(16-8-3-2-4-9-16)26-19-12-6-5-11-18(19)23(27)29/h5-7,10-16H,2-4,8-9H2,1H3,(H,30,31)/t15-/m0/s1. The van der Waals surface area contributed by atoms with Crippen LogP contribution in [-0.2, 0) is 4.79 Å². The Balaban J connectivity index is 1.84. The zero-order valence-corrected chi connectivity index (χ0v) is 18.6. The van der Waals surface area contributed by atoms with Crippen LogP contribution in [0.2, 0.25) is 0 Å². The SMILES string of the molecule is C[C@H](Oc1c(C=Nn2c(C3CCCCC3)nc3ccccc3c2=O)cccc1[N+](=O)[O-])C(=O)O. The van der Waals surface area contributed by atoms with Crippen LogP contribution < -0.4 is 10.3 Å². The van der Waals surface area contributed by atoms with Crippen LogP contribution in [0.15, 0.2) is 52.4 Å². The summed E-state index contributed by atoms with van der Waals surface area (Å²) in [6, 6.07) is 11.2. The van der Waals surface area contributed by atoms with E-state index in [9.17, 15) is 24.8 Å². The molecule has 34 heavy (non-hydrogen) atoms. The van der Waals surface area contributed by atoms with Crippen molar-refractivity contribution in [2.75, 3.05) is 0 Å². The number of hydrogen-bond donors (Lipinski definition) is 1. The maximum Gasteiger partial charge on any atom is 0.344 e. The molecule has 2 aromatic carbocycles. The summed E-state index contributed by atoms with van der Waals surface area (Å²) in [4.78, 5) is 40.2. The number of hydrogen-bond acceptors (Lipinski definition) is 7. The van der Waals surface area contributed by atoms with Gasteiger partial charge in [0.1, 0.15) is 5.82 Å². The number of fused-ring (bicyclic) bond motifs is 1. The van der Waals surface area contributed by atoms with Crippen molar-refractivity contribution in [1.82, 2.24) is 9.66 Å². The number of carbonyl (C=O) groups is 1. The Morgan fingerprint density at radius 2 is 1.97 bits per heavy atom. The van der Waals surface area contributed by atoms with Gasteiger partial charge in [0.15, 0.2) is 6.10 Å². The Morgan fingerprint density at radius 1 is 1.24 bits per heavy atom. The van der Waals surface area contributed by atoms with Gasteiger partial charge in [0.25, 0.3) is 5.56 Å². The van der Waals surface area contributed by atoms with Crippen molar-refractivity contribution in [1.29, 1.82) is 0 Å². The molecule has 1 N–H and O–H groups in total. The topological polar surface area (TPSA) is 137 Å². The van der Waals surface area contributed by atoms with Gasteiger partial charge in [0.2, 0.25) is 5.75 Å². The molecule has 1 heterocycles. The first-order chi connectivity index (χ1) is 16.4. The zero-order chi connectivity index (χ0) is 24.2. The second-order valence-corrected chi connectivity index (χ2v) is 8.23. The monoisotopic (exact) mass is 464 g/mol. The minimum absolute atomic E-state index is 0.0658. The highest BCUT2D eigenvalue weighted by atomic mass is 16.6. The number of benzene rings is 2. The van der Waals surface area contributed by atoms with E-state index in [4.69, 9.17) is 9.72 Å². The van der Waals surface area contributed by atoms with Crippen LogP contribution in [0.25, 0.3) is 10.9 Å². The molecule has 1 aliphatic rings. The number of nitrogens with zero attached hydrogens (tertiary/aromatic N) is 4. The third kappa shape index (κ3) is 4.66. The number of nitro groups is 1. The lowest BCUT2D eigenvalue weighted by atomic mass is 9.88. The van der Waals surface area contributed by atoms with E-state index in [0.717, 1.165) is 32.1 Å². The third-order valence-electron chi connectivity index (χ3n) is 5.93. The van der Waals surface area contributed by atoms with Gasteiger partial charge in [0, 0.05) is 17.5 Å². The lowest BCUT2D eigenvalue weighted by Crippen LogP contribution is -2.25. The molecule has 3 aromatic rings. The number of para-hydroxylation sites is 2.